The van der Waals surface area contributed by atoms with Crippen LogP contribution in [0.1, 0.15) is 47.5 Å². The first-order chi connectivity index (χ1) is 12.0. The van der Waals surface area contributed by atoms with Crippen molar-refractivity contribution in [1.82, 2.24) is 15.1 Å². The summed E-state index contributed by atoms with van der Waals surface area (Å²) >= 11 is 1.19. The molecule has 2 aromatic rings. The molecule has 1 saturated heterocycles. The van der Waals surface area contributed by atoms with Crippen LogP contribution in [0.5, 0.6) is 0 Å². The Morgan fingerprint density at radius 1 is 1.28 bits per heavy atom. The van der Waals surface area contributed by atoms with E-state index in [2.05, 4.69) is 15.5 Å². The molecule has 25 heavy (non-hydrogen) atoms. The van der Waals surface area contributed by atoms with Crippen molar-refractivity contribution in [3.8, 4) is 0 Å². The van der Waals surface area contributed by atoms with Gasteiger partial charge in [0.25, 0.3) is 5.91 Å². The van der Waals surface area contributed by atoms with Gasteiger partial charge >= 0.3 is 0 Å². The molecule has 0 radical (unpaired) electrons. The summed E-state index contributed by atoms with van der Waals surface area (Å²) in [5.74, 6) is -0.743. The van der Waals surface area contributed by atoms with E-state index in [0.29, 0.717) is 17.2 Å². The van der Waals surface area contributed by atoms with E-state index in [1.165, 1.54) is 35.6 Å². The molecule has 1 aliphatic heterocycles. The number of halogens is 1. The molecule has 0 bridgehead atoms. The fourth-order valence-electron chi connectivity index (χ4n) is 2.80. The summed E-state index contributed by atoms with van der Waals surface area (Å²) in [6, 6.07) is 5.40. The standard InChI is InChI=1S/C17H19FN4O2S/c1-10(2)17(24)22-9-3-4-13(22)15-20-21-16(25-15)14(23)19-12-7-5-11(18)6-8-12/h5-8,10,13H,3-4,9H2,1-2H3,(H,19,23). The number of likely N-dealkylation sites (tertiary alicyclic amines) is 1. The summed E-state index contributed by atoms with van der Waals surface area (Å²) in [6.07, 6.45) is 1.74. The Hall–Kier alpha value is -2.35. The molecule has 1 N–H and O–H groups in total. The van der Waals surface area contributed by atoms with Crippen molar-refractivity contribution in [2.45, 2.75) is 32.7 Å². The molecule has 2 heterocycles. The molecule has 0 aliphatic carbocycles. The second kappa shape index (κ2) is 7.26. The van der Waals surface area contributed by atoms with Crippen LogP contribution in [0, 0.1) is 11.7 Å². The summed E-state index contributed by atoms with van der Waals surface area (Å²) < 4.78 is 12.9. The predicted octanol–water partition coefficient (Wildman–Crippen LogP) is 3.25. The zero-order valence-corrected chi connectivity index (χ0v) is 14.8. The highest BCUT2D eigenvalue weighted by molar-refractivity contribution is 7.13. The highest BCUT2D eigenvalue weighted by Gasteiger charge is 2.33. The van der Waals surface area contributed by atoms with Gasteiger partial charge in [0.05, 0.1) is 6.04 Å². The Labute approximate surface area is 149 Å². The van der Waals surface area contributed by atoms with Gasteiger partial charge in [0, 0.05) is 18.2 Å². The minimum Gasteiger partial charge on any atom is -0.333 e. The molecule has 1 aromatic carbocycles. The lowest BCUT2D eigenvalue weighted by molar-refractivity contribution is -0.135. The molecular formula is C17H19FN4O2S. The number of carbonyl (C=O) groups is 2. The largest absolute Gasteiger partial charge is 0.333 e. The van der Waals surface area contributed by atoms with Gasteiger partial charge in [-0.25, -0.2) is 4.39 Å². The third-order valence-electron chi connectivity index (χ3n) is 4.05. The number of hydrogen-bond donors (Lipinski definition) is 1. The number of carbonyl (C=O) groups excluding carboxylic acids is 2. The Morgan fingerprint density at radius 2 is 2.00 bits per heavy atom. The SMILES string of the molecule is CC(C)C(=O)N1CCCC1c1nnc(C(=O)Nc2ccc(F)cc2)s1. The number of hydrogen-bond acceptors (Lipinski definition) is 5. The normalized spacial score (nSPS) is 17.1. The minimum atomic E-state index is -0.393. The highest BCUT2D eigenvalue weighted by Crippen LogP contribution is 2.34. The fraction of sp³-hybridized carbons (Fsp3) is 0.412. The molecule has 6 nitrogen and oxygen atoms in total. The van der Waals surface area contributed by atoms with E-state index < -0.39 is 5.91 Å². The van der Waals surface area contributed by atoms with E-state index in [0.717, 1.165) is 12.8 Å². The lowest BCUT2D eigenvalue weighted by atomic mass is 10.1. The van der Waals surface area contributed by atoms with Crippen LogP contribution < -0.4 is 5.32 Å². The Bertz CT molecular complexity index is 775. The van der Waals surface area contributed by atoms with Gasteiger partial charge in [0.2, 0.25) is 10.9 Å². The fourth-order valence-corrected chi connectivity index (χ4v) is 3.68. The first kappa shape index (κ1) is 17.5. The van der Waals surface area contributed by atoms with Gasteiger partial charge in [-0.15, -0.1) is 10.2 Å². The van der Waals surface area contributed by atoms with Crippen molar-refractivity contribution in [3.63, 3.8) is 0 Å². The number of aromatic nitrogens is 2. The maximum atomic E-state index is 12.9. The van der Waals surface area contributed by atoms with Crippen LogP contribution in [0.15, 0.2) is 24.3 Å². The van der Waals surface area contributed by atoms with Crippen LogP contribution in [-0.4, -0.2) is 33.5 Å². The molecule has 0 saturated carbocycles. The van der Waals surface area contributed by atoms with Gasteiger partial charge in [-0.2, -0.15) is 0 Å². The highest BCUT2D eigenvalue weighted by atomic mass is 32.1. The number of rotatable bonds is 4. The quantitative estimate of drug-likeness (QED) is 0.906. The van der Waals surface area contributed by atoms with Crippen molar-refractivity contribution in [2.24, 2.45) is 5.92 Å². The van der Waals surface area contributed by atoms with E-state index in [1.54, 1.807) is 0 Å². The maximum absolute atomic E-state index is 12.9. The molecule has 8 heteroatoms. The van der Waals surface area contributed by atoms with Crippen molar-refractivity contribution >= 4 is 28.8 Å². The molecule has 1 unspecified atom stereocenters. The molecule has 3 rings (SSSR count). The van der Waals surface area contributed by atoms with Crippen LogP contribution in [0.2, 0.25) is 0 Å². The third kappa shape index (κ3) is 3.84. The van der Waals surface area contributed by atoms with Gasteiger partial charge in [-0.05, 0) is 37.1 Å². The van der Waals surface area contributed by atoms with E-state index in [-0.39, 0.29) is 28.7 Å². The first-order valence-electron chi connectivity index (χ1n) is 8.16. The monoisotopic (exact) mass is 362 g/mol. The molecular weight excluding hydrogens is 343 g/mol. The van der Waals surface area contributed by atoms with Crippen molar-refractivity contribution in [2.75, 3.05) is 11.9 Å². The van der Waals surface area contributed by atoms with Crippen molar-refractivity contribution in [3.05, 3.63) is 40.1 Å². The van der Waals surface area contributed by atoms with Gasteiger partial charge < -0.3 is 10.2 Å². The minimum absolute atomic E-state index is 0.0743. The Balaban J connectivity index is 1.72. The van der Waals surface area contributed by atoms with Crippen LogP contribution in [0.4, 0.5) is 10.1 Å². The van der Waals surface area contributed by atoms with Crippen LogP contribution in [0.3, 0.4) is 0 Å². The van der Waals surface area contributed by atoms with E-state index in [1.807, 2.05) is 18.7 Å². The van der Waals surface area contributed by atoms with Crippen LogP contribution in [-0.2, 0) is 4.79 Å². The van der Waals surface area contributed by atoms with E-state index in [4.69, 9.17) is 0 Å². The summed E-state index contributed by atoms with van der Waals surface area (Å²) in [5, 5.41) is 11.6. The number of nitrogens with zero attached hydrogens (tertiary/aromatic N) is 3. The van der Waals surface area contributed by atoms with Crippen LogP contribution in [0.25, 0.3) is 0 Å². The molecule has 1 aromatic heterocycles. The van der Waals surface area contributed by atoms with Gasteiger partial charge in [-0.1, -0.05) is 25.2 Å². The summed E-state index contributed by atoms with van der Waals surface area (Å²) in [7, 11) is 0. The van der Waals surface area contributed by atoms with Crippen LogP contribution >= 0.6 is 11.3 Å². The van der Waals surface area contributed by atoms with E-state index in [9.17, 15) is 14.0 Å². The Kier molecular flexibility index (Phi) is 5.08. The second-order valence-corrected chi connectivity index (χ2v) is 7.26. The number of nitrogens with one attached hydrogen (secondary N) is 1. The number of benzene rings is 1. The number of amides is 2. The van der Waals surface area contributed by atoms with E-state index >= 15 is 0 Å². The third-order valence-corrected chi connectivity index (χ3v) is 5.08. The average molecular weight is 362 g/mol. The molecule has 1 fully saturated rings. The maximum Gasteiger partial charge on any atom is 0.286 e. The summed E-state index contributed by atoms with van der Waals surface area (Å²) in [6.45, 7) is 4.46. The van der Waals surface area contributed by atoms with Crippen molar-refractivity contribution in [1.29, 1.82) is 0 Å². The number of anilines is 1. The smallest absolute Gasteiger partial charge is 0.286 e. The lowest BCUT2D eigenvalue weighted by Gasteiger charge is -2.24. The first-order valence-corrected chi connectivity index (χ1v) is 8.98. The van der Waals surface area contributed by atoms with Gasteiger partial charge in [0.15, 0.2) is 0 Å². The second-order valence-electron chi connectivity index (χ2n) is 6.25. The molecule has 1 atom stereocenters. The topological polar surface area (TPSA) is 75.2 Å². The molecule has 132 valence electrons. The van der Waals surface area contributed by atoms with Gasteiger partial charge in [0.1, 0.15) is 10.8 Å². The zero-order chi connectivity index (χ0) is 18.0. The predicted molar refractivity (Wildman–Crippen MR) is 92.8 cm³/mol. The molecule has 1 aliphatic rings. The summed E-state index contributed by atoms with van der Waals surface area (Å²) in [5.41, 5.74) is 0.487. The van der Waals surface area contributed by atoms with Crippen molar-refractivity contribution < 1.29 is 14.0 Å². The lowest BCUT2D eigenvalue weighted by Crippen LogP contribution is -2.33. The summed E-state index contributed by atoms with van der Waals surface area (Å²) in [4.78, 5) is 26.4. The Morgan fingerprint density at radius 3 is 2.68 bits per heavy atom. The zero-order valence-electron chi connectivity index (χ0n) is 14.0. The molecule has 0 spiro atoms. The van der Waals surface area contributed by atoms with Gasteiger partial charge in [-0.3, -0.25) is 9.59 Å². The average Bonchev–Trinajstić information content (AvgIpc) is 3.24. The molecule has 2 amide bonds.